The molecule has 0 spiro atoms. The minimum absolute atomic E-state index is 0.151. The number of allylic oxidation sites excluding steroid dienone is 1. The molecule has 108 valence electrons. The van der Waals surface area contributed by atoms with E-state index < -0.39 is 8.07 Å². The van der Waals surface area contributed by atoms with Gasteiger partial charge in [-0.2, -0.15) is 0 Å². The fourth-order valence-corrected chi connectivity index (χ4v) is 2.75. The second-order valence-corrected chi connectivity index (χ2v) is 11.3. The van der Waals surface area contributed by atoms with Gasteiger partial charge < -0.3 is 4.74 Å². The van der Waals surface area contributed by atoms with Crippen LogP contribution in [0.3, 0.4) is 0 Å². The molecule has 0 aromatic rings. The molecule has 2 atom stereocenters. The number of unbranched alkanes of at least 4 members (excludes halogenated alkanes) is 3. The van der Waals surface area contributed by atoms with Crippen molar-refractivity contribution in [1.29, 1.82) is 0 Å². The highest BCUT2D eigenvalue weighted by atomic mass is 28.3. The van der Waals surface area contributed by atoms with E-state index in [-0.39, 0.29) is 6.10 Å². The highest BCUT2D eigenvalue weighted by Gasteiger charge is 2.16. The SMILES string of the molecule is CCCCCC[C@H]1C=CCC[C@@H](C#C[Si](C)(C)C)O1. The fourth-order valence-electron chi connectivity index (χ4n) is 2.16. The quantitative estimate of drug-likeness (QED) is 0.299. The van der Waals surface area contributed by atoms with Crippen LogP contribution in [0.1, 0.15) is 51.9 Å². The second-order valence-electron chi connectivity index (χ2n) is 6.54. The first-order valence-electron chi connectivity index (χ1n) is 7.86. The summed E-state index contributed by atoms with van der Waals surface area (Å²) >= 11 is 0. The molecule has 0 aliphatic carbocycles. The van der Waals surface area contributed by atoms with Crippen molar-refractivity contribution in [2.75, 3.05) is 0 Å². The summed E-state index contributed by atoms with van der Waals surface area (Å²) in [5.74, 6) is 3.38. The van der Waals surface area contributed by atoms with E-state index in [1.54, 1.807) is 0 Å². The molecule has 1 heterocycles. The van der Waals surface area contributed by atoms with Gasteiger partial charge in [-0.05, 0) is 19.3 Å². The zero-order valence-electron chi connectivity index (χ0n) is 13.2. The lowest BCUT2D eigenvalue weighted by Gasteiger charge is -2.17. The Kier molecular flexibility index (Phi) is 7.49. The predicted octanol–water partition coefficient (Wildman–Crippen LogP) is 4.94. The summed E-state index contributed by atoms with van der Waals surface area (Å²) < 4.78 is 6.15. The molecule has 1 aliphatic rings. The molecule has 0 fully saturated rings. The van der Waals surface area contributed by atoms with E-state index in [2.05, 4.69) is 50.2 Å². The predicted molar refractivity (Wildman–Crippen MR) is 86.9 cm³/mol. The van der Waals surface area contributed by atoms with E-state index in [1.807, 2.05) is 0 Å². The van der Waals surface area contributed by atoms with Crippen molar-refractivity contribution in [3.63, 3.8) is 0 Å². The van der Waals surface area contributed by atoms with E-state index in [1.165, 1.54) is 25.7 Å². The van der Waals surface area contributed by atoms with Crippen LogP contribution in [0.15, 0.2) is 12.2 Å². The van der Waals surface area contributed by atoms with Crippen molar-refractivity contribution in [3.8, 4) is 11.5 Å². The van der Waals surface area contributed by atoms with Crippen molar-refractivity contribution >= 4 is 8.07 Å². The Bertz CT molecular complexity index is 329. The number of hydrogen-bond acceptors (Lipinski definition) is 1. The number of rotatable bonds is 5. The Balaban J connectivity index is 2.42. The van der Waals surface area contributed by atoms with Crippen molar-refractivity contribution in [2.24, 2.45) is 0 Å². The Hall–Kier alpha value is -0.523. The Labute approximate surface area is 120 Å². The molecule has 0 amide bonds. The molecular weight excluding hydrogens is 248 g/mol. The van der Waals surface area contributed by atoms with Gasteiger partial charge in [0.25, 0.3) is 0 Å². The normalized spacial score (nSPS) is 23.6. The summed E-state index contributed by atoms with van der Waals surface area (Å²) in [7, 11) is -1.28. The zero-order valence-corrected chi connectivity index (χ0v) is 14.2. The highest BCUT2D eigenvalue weighted by Crippen LogP contribution is 2.17. The van der Waals surface area contributed by atoms with Crippen molar-refractivity contribution in [3.05, 3.63) is 12.2 Å². The summed E-state index contributed by atoms with van der Waals surface area (Å²) in [6.07, 6.45) is 13.5. The van der Waals surface area contributed by atoms with E-state index in [4.69, 9.17) is 4.74 Å². The van der Waals surface area contributed by atoms with E-state index in [0.29, 0.717) is 6.10 Å². The minimum atomic E-state index is -1.28. The molecule has 0 aromatic carbocycles. The first kappa shape index (κ1) is 16.5. The molecule has 1 aliphatic heterocycles. The minimum Gasteiger partial charge on any atom is -0.358 e. The maximum Gasteiger partial charge on any atom is 0.129 e. The Morgan fingerprint density at radius 2 is 2.00 bits per heavy atom. The van der Waals surface area contributed by atoms with E-state index in [9.17, 15) is 0 Å². The van der Waals surface area contributed by atoms with Gasteiger partial charge in [0.2, 0.25) is 0 Å². The third-order valence-electron chi connectivity index (χ3n) is 3.24. The molecule has 0 saturated heterocycles. The fraction of sp³-hybridized carbons (Fsp3) is 0.765. The third kappa shape index (κ3) is 8.29. The lowest BCUT2D eigenvalue weighted by molar-refractivity contribution is 0.0410. The van der Waals surface area contributed by atoms with Crippen LogP contribution in [0, 0.1) is 11.5 Å². The molecular formula is C17H30OSi. The van der Waals surface area contributed by atoms with Gasteiger partial charge in [0.1, 0.15) is 14.2 Å². The molecule has 0 N–H and O–H groups in total. The topological polar surface area (TPSA) is 9.23 Å². The van der Waals surface area contributed by atoms with Gasteiger partial charge >= 0.3 is 0 Å². The van der Waals surface area contributed by atoms with E-state index in [0.717, 1.165) is 19.3 Å². The van der Waals surface area contributed by atoms with Crippen LogP contribution in [0.2, 0.25) is 19.6 Å². The molecule has 19 heavy (non-hydrogen) atoms. The summed E-state index contributed by atoms with van der Waals surface area (Å²) in [5.41, 5.74) is 3.45. The van der Waals surface area contributed by atoms with Crippen LogP contribution in [0.4, 0.5) is 0 Å². The largest absolute Gasteiger partial charge is 0.358 e. The first-order chi connectivity index (χ1) is 9.01. The molecule has 2 heteroatoms. The monoisotopic (exact) mass is 278 g/mol. The van der Waals surface area contributed by atoms with Crippen molar-refractivity contribution in [1.82, 2.24) is 0 Å². The molecule has 0 saturated carbocycles. The molecule has 1 nitrogen and oxygen atoms in total. The van der Waals surface area contributed by atoms with Gasteiger partial charge in [0, 0.05) is 0 Å². The zero-order chi connectivity index (χ0) is 14.1. The smallest absolute Gasteiger partial charge is 0.129 e. The Morgan fingerprint density at radius 1 is 1.21 bits per heavy atom. The average Bonchev–Trinajstić information content (AvgIpc) is 2.57. The number of ether oxygens (including phenoxy) is 1. The standard InChI is InChI=1S/C17H30OSi/c1-5-6-7-8-11-16-12-9-10-13-17(18-16)14-15-19(2,3)4/h9,12,16-17H,5-8,10-11,13H2,1-4H3/t16-,17-/m0/s1. The average molecular weight is 279 g/mol. The molecule has 0 bridgehead atoms. The third-order valence-corrected chi connectivity index (χ3v) is 4.13. The van der Waals surface area contributed by atoms with Gasteiger partial charge in [0.15, 0.2) is 0 Å². The lowest BCUT2D eigenvalue weighted by atomic mass is 10.1. The molecule has 1 rings (SSSR count). The van der Waals surface area contributed by atoms with Crippen LogP contribution in [-0.4, -0.2) is 20.3 Å². The van der Waals surface area contributed by atoms with Gasteiger partial charge in [0.05, 0.1) is 6.10 Å². The molecule has 0 unspecified atom stereocenters. The van der Waals surface area contributed by atoms with Gasteiger partial charge in [-0.1, -0.05) is 70.3 Å². The van der Waals surface area contributed by atoms with Crippen molar-refractivity contribution < 1.29 is 4.74 Å². The lowest BCUT2D eigenvalue weighted by Crippen LogP contribution is -2.21. The first-order valence-corrected chi connectivity index (χ1v) is 11.4. The summed E-state index contributed by atoms with van der Waals surface area (Å²) in [5, 5.41) is 0. The van der Waals surface area contributed by atoms with Crippen LogP contribution in [0.25, 0.3) is 0 Å². The maximum atomic E-state index is 6.15. The maximum absolute atomic E-state index is 6.15. The van der Waals surface area contributed by atoms with Gasteiger partial charge in [-0.3, -0.25) is 0 Å². The van der Waals surface area contributed by atoms with Crippen LogP contribution >= 0.6 is 0 Å². The van der Waals surface area contributed by atoms with Crippen LogP contribution < -0.4 is 0 Å². The summed E-state index contributed by atoms with van der Waals surface area (Å²) in [4.78, 5) is 0. The molecule has 0 radical (unpaired) electrons. The van der Waals surface area contributed by atoms with E-state index >= 15 is 0 Å². The highest BCUT2D eigenvalue weighted by molar-refractivity contribution is 6.83. The van der Waals surface area contributed by atoms with Gasteiger partial charge in [-0.15, -0.1) is 5.54 Å². The van der Waals surface area contributed by atoms with Gasteiger partial charge in [-0.25, -0.2) is 0 Å². The summed E-state index contributed by atoms with van der Waals surface area (Å²) in [6, 6.07) is 0. The van der Waals surface area contributed by atoms with Crippen LogP contribution in [0.5, 0.6) is 0 Å². The molecule has 0 aromatic heterocycles. The second kappa shape index (κ2) is 8.61. The Morgan fingerprint density at radius 3 is 2.68 bits per heavy atom. The summed E-state index contributed by atoms with van der Waals surface area (Å²) in [6.45, 7) is 9.12. The number of hydrogen-bond donors (Lipinski definition) is 0. The van der Waals surface area contributed by atoms with Crippen LogP contribution in [-0.2, 0) is 4.74 Å². The van der Waals surface area contributed by atoms with Crippen molar-refractivity contribution in [2.45, 2.75) is 83.7 Å².